The molecule has 0 bridgehead atoms. The number of amides is 1. The first-order valence-electron chi connectivity index (χ1n) is 7.69. The van der Waals surface area contributed by atoms with Crippen molar-refractivity contribution in [2.45, 2.75) is 12.3 Å². The van der Waals surface area contributed by atoms with Crippen LogP contribution in [-0.4, -0.2) is 15.7 Å². The second-order valence-corrected chi connectivity index (χ2v) is 5.90. The molecule has 0 spiro atoms. The van der Waals surface area contributed by atoms with Crippen molar-refractivity contribution < 1.29 is 4.79 Å². The third-order valence-corrected chi connectivity index (χ3v) is 4.30. The number of hydrogen-bond donors (Lipinski definition) is 1. The summed E-state index contributed by atoms with van der Waals surface area (Å²) in [7, 11) is 1.88. The number of nitrogens with one attached hydrogen (secondary N) is 1. The molecule has 4 heteroatoms. The number of hydrogen-bond acceptors (Lipinski definition) is 2. The Balaban J connectivity index is 1.70. The van der Waals surface area contributed by atoms with Crippen LogP contribution in [0, 0.1) is 0 Å². The Bertz CT molecular complexity index is 850. The molecule has 3 aromatic rings. The number of rotatable bonds is 2. The maximum Gasteiger partial charge on any atom is 0.226 e. The maximum absolute atomic E-state index is 11.9. The zero-order valence-electron chi connectivity index (χ0n) is 12.9. The summed E-state index contributed by atoms with van der Waals surface area (Å²) in [6, 6.07) is 18.8. The lowest BCUT2D eigenvalue weighted by Gasteiger charge is -2.22. The molecule has 0 radical (unpaired) electrons. The number of nitrogens with zero attached hydrogens (tertiary/aromatic N) is 2. The number of carbonyl (C=O) groups excluding carboxylic acids is 1. The summed E-state index contributed by atoms with van der Waals surface area (Å²) in [5.41, 5.74) is 4.61. The van der Waals surface area contributed by atoms with E-state index in [4.69, 9.17) is 0 Å². The first-order valence-corrected chi connectivity index (χ1v) is 7.69. The summed E-state index contributed by atoms with van der Waals surface area (Å²) in [5.74, 6) is 0.770. The molecule has 0 fully saturated rings. The topological polar surface area (TPSA) is 46.9 Å². The van der Waals surface area contributed by atoms with E-state index in [-0.39, 0.29) is 11.8 Å². The molecule has 4 nitrogen and oxygen atoms in total. The normalized spacial score (nSPS) is 16.7. The second kappa shape index (κ2) is 5.39. The van der Waals surface area contributed by atoms with Crippen molar-refractivity contribution in [2.24, 2.45) is 7.05 Å². The van der Waals surface area contributed by atoms with Crippen molar-refractivity contribution in [1.82, 2.24) is 9.78 Å². The van der Waals surface area contributed by atoms with E-state index in [1.165, 1.54) is 11.1 Å². The van der Waals surface area contributed by atoms with Crippen molar-refractivity contribution in [3.63, 3.8) is 0 Å². The number of aryl methyl sites for hydroxylation is 1. The predicted molar refractivity (Wildman–Crippen MR) is 90.2 cm³/mol. The first kappa shape index (κ1) is 13.8. The molecule has 2 aromatic carbocycles. The Morgan fingerprint density at radius 2 is 1.74 bits per heavy atom. The van der Waals surface area contributed by atoms with Crippen molar-refractivity contribution in [2.75, 3.05) is 5.32 Å². The van der Waals surface area contributed by atoms with Gasteiger partial charge in [-0.05, 0) is 16.7 Å². The van der Waals surface area contributed by atoms with Crippen LogP contribution in [0.3, 0.4) is 0 Å². The average Bonchev–Trinajstić information content (AvgIpc) is 2.95. The Morgan fingerprint density at radius 3 is 2.48 bits per heavy atom. The fraction of sp³-hybridized carbons (Fsp3) is 0.158. The van der Waals surface area contributed by atoms with Crippen molar-refractivity contribution >= 4 is 11.7 Å². The van der Waals surface area contributed by atoms with Crippen LogP contribution in [0.4, 0.5) is 5.82 Å². The van der Waals surface area contributed by atoms with Crippen LogP contribution in [0.5, 0.6) is 0 Å². The summed E-state index contributed by atoms with van der Waals surface area (Å²) >= 11 is 0. The molecule has 114 valence electrons. The zero-order valence-corrected chi connectivity index (χ0v) is 12.9. The standard InChI is InChI=1S/C19H17N3O/c1-22-12-17-16(11-18(23)20-19(17)21-22)15-9-7-14(8-10-15)13-5-3-2-4-6-13/h2-10,12,16H,11H2,1H3,(H,20,21,23). The number of aromatic nitrogens is 2. The third-order valence-electron chi connectivity index (χ3n) is 4.30. The monoisotopic (exact) mass is 303 g/mol. The van der Waals surface area contributed by atoms with Gasteiger partial charge in [0.1, 0.15) is 0 Å². The zero-order chi connectivity index (χ0) is 15.8. The minimum atomic E-state index is 0.0216. The van der Waals surface area contributed by atoms with Crippen LogP contribution < -0.4 is 5.32 Å². The van der Waals surface area contributed by atoms with Gasteiger partial charge in [0.2, 0.25) is 5.91 Å². The minimum Gasteiger partial charge on any atom is -0.309 e. The van der Waals surface area contributed by atoms with Gasteiger partial charge in [0, 0.05) is 31.1 Å². The molecule has 1 N–H and O–H groups in total. The molecule has 0 saturated heterocycles. The van der Waals surface area contributed by atoms with Crippen molar-refractivity contribution in [3.8, 4) is 11.1 Å². The summed E-state index contributed by atoms with van der Waals surface area (Å²) in [4.78, 5) is 11.9. The number of anilines is 1. The lowest BCUT2D eigenvalue weighted by Crippen LogP contribution is -2.22. The third kappa shape index (κ3) is 2.52. The van der Waals surface area contributed by atoms with Gasteiger partial charge in [0.05, 0.1) is 0 Å². The molecule has 23 heavy (non-hydrogen) atoms. The SMILES string of the molecule is Cn1cc2c(n1)NC(=O)CC2c1ccc(-c2ccccc2)cc1. The summed E-state index contributed by atoms with van der Waals surface area (Å²) in [6.07, 6.45) is 2.45. The van der Waals surface area contributed by atoms with Crippen LogP contribution in [0.2, 0.25) is 0 Å². The van der Waals surface area contributed by atoms with E-state index in [0.717, 1.165) is 11.1 Å². The maximum atomic E-state index is 11.9. The van der Waals surface area contributed by atoms with E-state index >= 15 is 0 Å². The van der Waals surface area contributed by atoms with Gasteiger partial charge in [-0.15, -0.1) is 0 Å². The van der Waals surface area contributed by atoms with Gasteiger partial charge < -0.3 is 5.32 Å². The Labute approximate surface area is 134 Å². The summed E-state index contributed by atoms with van der Waals surface area (Å²) in [6.45, 7) is 0. The summed E-state index contributed by atoms with van der Waals surface area (Å²) < 4.78 is 1.75. The van der Waals surface area contributed by atoms with Gasteiger partial charge in [-0.3, -0.25) is 9.48 Å². The molecule has 0 saturated carbocycles. The number of fused-ring (bicyclic) bond motifs is 1. The van der Waals surface area contributed by atoms with Gasteiger partial charge in [0.15, 0.2) is 5.82 Å². The molecule has 1 aliphatic rings. The Morgan fingerprint density at radius 1 is 1.04 bits per heavy atom. The Kier molecular flexibility index (Phi) is 3.23. The van der Waals surface area contributed by atoms with Gasteiger partial charge >= 0.3 is 0 Å². The lowest BCUT2D eigenvalue weighted by atomic mass is 9.86. The molecular weight excluding hydrogens is 286 g/mol. The van der Waals surface area contributed by atoms with E-state index in [2.05, 4.69) is 46.8 Å². The van der Waals surface area contributed by atoms with Gasteiger partial charge in [0.25, 0.3) is 0 Å². The highest BCUT2D eigenvalue weighted by atomic mass is 16.1. The second-order valence-electron chi connectivity index (χ2n) is 5.90. The number of benzene rings is 2. The van der Waals surface area contributed by atoms with E-state index in [0.29, 0.717) is 12.2 Å². The van der Waals surface area contributed by atoms with Crippen LogP contribution in [0.25, 0.3) is 11.1 Å². The van der Waals surface area contributed by atoms with E-state index < -0.39 is 0 Å². The fourth-order valence-electron chi connectivity index (χ4n) is 3.17. The molecule has 1 amide bonds. The molecule has 1 unspecified atom stereocenters. The average molecular weight is 303 g/mol. The van der Waals surface area contributed by atoms with Gasteiger partial charge in [-0.25, -0.2) is 0 Å². The molecular formula is C19H17N3O. The van der Waals surface area contributed by atoms with Crippen LogP contribution in [0.15, 0.2) is 60.8 Å². The number of carbonyl (C=O) groups is 1. The fourth-order valence-corrected chi connectivity index (χ4v) is 3.17. The Hall–Kier alpha value is -2.88. The van der Waals surface area contributed by atoms with Crippen molar-refractivity contribution in [1.29, 1.82) is 0 Å². The lowest BCUT2D eigenvalue weighted by molar-refractivity contribution is -0.116. The van der Waals surface area contributed by atoms with Crippen LogP contribution in [-0.2, 0) is 11.8 Å². The first-order chi connectivity index (χ1) is 11.2. The molecule has 0 aliphatic carbocycles. The molecule has 1 aromatic heterocycles. The highest BCUT2D eigenvalue weighted by molar-refractivity contribution is 5.94. The highest BCUT2D eigenvalue weighted by Crippen LogP contribution is 2.36. The van der Waals surface area contributed by atoms with Gasteiger partial charge in [-0.1, -0.05) is 54.6 Å². The molecule has 4 rings (SSSR count). The molecule has 1 aliphatic heterocycles. The predicted octanol–water partition coefficient (Wildman–Crippen LogP) is 3.56. The van der Waals surface area contributed by atoms with E-state index in [1.54, 1.807) is 4.68 Å². The van der Waals surface area contributed by atoms with Crippen LogP contribution in [0.1, 0.15) is 23.5 Å². The van der Waals surface area contributed by atoms with E-state index in [9.17, 15) is 4.79 Å². The quantitative estimate of drug-likeness (QED) is 0.787. The van der Waals surface area contributed by atoms with E-state index in [1.807, 2.05) is 31.4 Å². The molecule has 1 atom stereocenters. The smallest absolute Gasteiger partial charge is 0.226 e. The van der Waals surface area contributed by atoms with Gasteiger partial charge in [-0.2, -0.15) is 5.10 Å². The van der Waals surface area contributed by atoms with Crippen molar-refractivity contribution in [3.05, 3.63) is 71.9 Å². The molecule has 2 heterocycles. The summed E-state index contributed by atoms with van der Waals surface area (Å²) in [5, 5.41) is 7.17. The minimum absolute atomic E-state index is 0.0216. The highest BCUT2D eigenvalue weighted by Gasteiger charge is 2.28. The van der Waals surface area contributed by atoms with Crippen LogP contribution >= 0.6 is 0 Å². The largest absolute Gasteiger partial charge is 0.309 e.